The zero-order valence-electron chi connectivity index (χ0n) is 27.6. The van der Waals surface area contributed by atoms with Gasteiger partial charge in [0, 0.05) is 5.41 Å². The van der Waals surface area contributed by atoms with E-state index >= 15 is 0 Å². The first-order chi connectivity index (χ1) is 19.3. The van der Waals surface area contributed by atoms with E-state index in [0.29, 0.717) is 11.8 Å². The number of aliphatic hydroxyl groups excluding tert-OH is 4. The fourth-order valence-corrected chi connectivity index (χ4v) is 11.5. The Morgan fingerprint density at radius 2 is 1.52 bits per heavy atom. The molecule has 13 atom stereocenters. The highest BCUT2D eigenvalue weighted by Crippen LogP contribution is 2.74. The van der Waals surface area contributed by atoms with E-state index in [1.807, 2.05) is 0 Å². The van der Waals surface area contributed by atoms with Crippen LogP contribution in [-0.4, -0.2) is 63.3 Å². The number of aliphatic hydroxyl groups is 4. The number of ether oxygens (including phenoxy) is 2. The minimum absolute atomic E-state index is 0.00684. The monoisotopic (exact) mass is 586 g/mol. The number of rotatable bonds is 2. The summed E-state index contributed by atoms with van der Waals surface area (Å²) in [6.07, 6.45) is 7.61. The molecule has 42 heavy (non-hydrogen) atoms. The Kier molecular flexibility index (Phi) is 7.16. The van der Waals surface area contributed by atoms with Crippen LogP contribution in [0.15, 0.2) is 23.3 Å². The van der Waals surface area contributed by atoms with Gasteiger partial charge >= 0.3 is 0 Å². The summed E-state index contributed by atoms with van der Waals surface area (Å²) >= 11 is 0. The van der Waals surface area contributed by atoms with Crippen molar-refractivity contribution in [3.63, 3.8) is 0 Å². The number of fused-ring (bicyclic) bond motifs is 6. The topological polar surface area (TPSA) is 99.4 Å². The molecule has 6 heteroatoms. The first kappa shape index (κ1) is 31.2. The molecule has 1 aliphatic heterocycles. The Labute approximate surface area is 254 Å². The third-order valence-corrected chi connectivity index (χ3v) is 14.5. The molecule has 5 aliphatic carbocycles. The van der Waals surface area contributed by atoms with E-state index in [9.17, 15) is 20.4 Å². The summed E-state index contributed by atoms with van der Waals surface area (Å²) in [5.41, 5.74) is 3.07. The van der Waals surface area contributed by atoms with Gasteiger partial charge in [0.2, 0.25) is 0 Å². The highest BCUT2D eigenvalue weighted by molar-refractivity contribution is 5.46. The maximum atomic E-state index is 11.0. The van der Waals surface area contributed by atoms with Gasteiger partial charge in [0.1, 0.15) is 18.3 Å². The maximum absolute atomic E-state index is 11.0. The van der Waals surface area contributed by atoms with E-state index in [1.54, 1.807) is 6.92 Å². The zero-order chi connectivity index (χ0) is 30.8. The summed E-state index contributed by atoms with van der Waals surface area (Å²) in [4.78, 5) is 0. The van der Waals surface area contributed by atoms with Crippen LogP contribution in [0.1, 0.15) is 114 Å². The van der Waals surface area contributed by atoms with Crippen LogP contribution in [-0.2, 0) is 9.47 Å². The van der Waals surface area contributed by atoms with Crippen molar-refractivity contribution in [3.8, 4) is 0 Å². The van der Waals surface area contributed by atoms with Crippen LogP contribution in [0.3, 0.4) is 0 Å². The van der Waals surface area contributed by atoms with Gasteiger partial charge in [-0.05, 0) is 103 Å². The van der Waals surface area contributed by atoms with Crippen LogP contribution in [0.25, 0.3) is 0 Å². The molecule has 4 fully saturated rings. The van der Waals surface area contributed by atoms with Crippen LogP contribution < -0.4 is 0 Å². The first-order valence-electron chi connectivity index (χ1n) is 16.8. The molecule has 0 bridgehead atoms. The van der Waals surface area contributed by atoms with E-state index < -0.39 is 30.7 Å². The van der Waals surface area contributed by atoms with E-state index in [0.717, 1.165) is 44.9 Å². The van der Waals surface area contributed by atoms with Gasteiger partial charge in [0.15, 0.2) is 6.29 Å². The quantitative estimate of drug-likeness (QED) is 0.321. The molecular weight excluding hydrogens is 528 g/mol. The highest BCUT2D eigenvalue weighted by atomic mass is 16.7. The van der Waals surface area contributed by atoms with Gasteiger partial charge in [0.05, 0.1) is 18.3 Å². The fourth-order valence-electron chi connectivity index (χ4n) is 11.5. The highest BCUT2D eigenvalue weighted by Gasteiger charge is 2.67. The molecule has 6 rings (SSSR count). The van der Waals surface area contributed by atoms with Crippen molar-refractivity contribution in [2.45, 2.75) is 157 Å². The van der Waals surface area contributed by atoms with Crippen molar-refractivity contribution in [3.05, 3.63) is 23.3 Å². The summed E-state index contributed by atoms with van der Waals surface area (Å²) in [5, 5.41) is 42.6. The molecule has 6 nitrogen and oxygen atoms in total. The Balaban J connectivity index is 1.40. The van der Waals surface area contributed by atoms with Gasteiger partial charge in [-0.25, -0.2) is 0 Å². The molecule has 0 radical (unpaired) electrons. The third-order valence-electron chi connectivity index (χ3n) is 14.5. The Morgan fingerprint density at radius 1 is 0.833 bits per heavy atom. The molecule has 238 valence electrons. The standard InChI is InChI=1S/C36H58O6/c1-20-27(38)28(39)29(40)30(41-20)42-26-19-31(2,3)18-22-21-10-11-24-34(7)14-13-25(37)32(4,5)23(34)12-15-36(24,9)35(21,8)17-16-33(22,26)6/h10-11,20,23-30,37-40H,12-19H2,1-9H3/t20-,23-,24+,25-,26+,27-,28+,29+,30-,33+,34-,35+,36+/m0/s1. The molecule has 1 heterocycles. The number of hydrogen-bond donors (Lipinski definition) is 4. The predicted octanol–water partition coefficient (Wildman–Crippen LogP) is 5.91. The van der Waals surface area contributed by atoms with Gasteiger partial charge in [-0.2, -0.15) is 0 Å². The van der Waals surface area contributed by atoms with E-state index in [2.05, 4.69) is 67.5 Å². The van der Waals surface area contributed by atoms with Crippen molar-refractivity contribution in [1.82, 2.24) is 0 Å². The molecule has 1 saturated heterocycles. The second-order valence-electron chi connectivity index (χ2n) is 17.7. The van der Waals surface area contributed by atoms with Crippen molar-refractivity contribution in [1.29, 1.82) is 0 Å². The fraction of sp³-hybridized carbons (Fsp3) is 0.889. The van der Waals surface area contributed by atoms with Gasteiger partial charge in [-0.1, -0.05) is 73.1 Å². The number of allylic oxidation sites excluding steroid dienone is 3. The van der Waals surface area contributed by atoms with Crippen molar-refractivity contribution in [2.75, 3.05) is 0 Å². The molecule has 4 N–H and O–H groups in total. The minimum Gasteiger partial charge on any atom is -0.393 e. The average molecular weight is 587 g/mol. The van der Waals surface area contributed by atoms with Crippen LogP contribution in [0.4, 0.5) is 0 Å². The molecule has 6 aliphatic rings. The SMILES string of the molecule is C[C@@H]1O[C@@H](O[C@@H]2CC(C)(C)CC3=C4C=C[C@@H]5[C@@]6(C)CC[C@H](O)C(C)(C)[C@@H]6CC[C@@]5(C)[C@]4(C)CC[C@]32C)[C@H](O)[C@H](O)[C@H]1O. The largest absolute Gasteiger partial charge is 0.393 e. The van der Waals surface area contributed by atoms with Crippen LogP contribution in [0.2, 0.25) is 0 Å². The van der Waals surface area contributed by atoms with Gasteiger partial charge < -0.3 is 29.9 Å². The third kappa shape index (κ3) is 4.10. The Morgan fingerprint density at radius 3 is 2.21 bits per heavy atom. The summed E-state index contributed by atoms with van der Waals surface area (Å²) in [6, 6.07) is 0. The molecule has 0 aromatic heterocycles. The van der Waals surface area contributed by atoms with Gasteiger partial charge in [-0.3, -0.25) is 0 Å². The molecule has 0 spiro atoms. The second kappa shape index (κ2) is 9.62. The maximum Gasteiger partial charge on any atom is 0.186 e. The van der Waals surface area contributed by atoms with E-state index in [-0.39, 0.29) is 44.7 Å². The zero-order valence-corrected chi connectivity index (χ0v) is 27.6. The van der Waals surface area contributed by atoms with Gasteiger partial charge in [0.25, 0.3) is 0 Å². The lowest BCUT2D eigenvalue weighted by molar-refractivity contribution is -0.316. The molecule has 0 aromatic rings. The molecular formula is C36H58O6. The van der Waals surface area contributed by atoms with Crippen LogP contribution in [0.5, 0.6) is 0 Å². The van der Waals surface area contributed by atoms with E-state index in [4.69, 9.17) is 9.47 Å². The lowest BCUT2D eigenvalue weighted by atomic mass is 9.35. The summed E-state index contributed by atoms with van der Waals surface area (Å²) in [7, 11) is 0. The van der Waals surface area contributed by atoms with E-state index in [1.165, 1.54) is 17.6 Å². The van der Waals surface area contributed by atoms with Crippen LogP contribution in [0, 0.1) is 44.3 Å². The van der Waals surface area contributed by atoms with Crippen molar-refractivity contribution < 1.29 is 29.9 Å². The molecule has 0 unspecified atom stereocenters. The predicted molar refractivity (Wildman–Crippen MR) is 163 cm³/mol. The van der Waals surface area contributed by atoms with Gasteiger partial charge in [-0.15, -0.1) is 0 Å². The molecule has 0 aromatic carbocycles. The normalized spacial score (nSPS) is 54.8. The first-order valence-corrected chi connectivity index (χ1v) is 16.8. The second-order valence-corrected chi connectivity index (χ2v) is 17.7. The smallest absolute Gasteiger partial charge is 0.186 e. The number of hydrogen-bond acceptors (Lipinski definition) is 6. The minimum atomic E-state index is -1.30. The molecule has 3 saturated carbocycles. The summed E-state index contributed by atoms with van der Waals surface area (Å²) in [5.74, 6) is 0.978. The summed E-state index contributed by atoms with van der Waals surface area (Å²) in [6.45, 7) is 21.0. The Bertz CT molecular complexity index is 1160. The average Bonchev–Trinajstić information content (AvgIpc) is 2.90. The van der Waals surface area contributed by atoms with Crippen molar-refractivity contribution in [2.24, 2.45) is 44.3 Å². The lowest BCUT2D eigenvalue weighted by Crippen LogP contribution is -2.63. The Hall–Kier alpha value is -0.760. The molecule has 0 amide bonds. The van der Waals surface area contributed by atoms with Crippen molar-refractivity contribution >= 4 is 0 Å². The van der Waals surface area contributed by atoms with Crippen LogP contribution >= 0.6 is 0 Å². The summed E-state index contributed by atoms with van der Waals surface area (Å²) < 4.78 is 12.6. The lowest BCUT2D eigenvalue weighted by Gasteiger charge is -2.69.